The van der Waals surface area contributed by atoms with Gasteiger partial charge in [-0.3, -0.25) is 0 Å². The number of halogens is 3. The molecule has 1 N–H and O–H groups in total. The minimum absolute atomic E-state index is 0.330. The van der Waals surface area contributed by atoms with E-state index in [1.807, 2.05) is 6.07 Å². The van der Waals surface area contributed by atoms with E-state index in [1.54, 1.807) is 51.1 Å². The number of carbonyl (C=O) groups is 1. The second-order valence-corrected chi connectivity index (χ2v) is 9.24. The molecule has 1 heterocycles. The predicted octanol–water partition coefficient (Wildman–Crippen LogP) is 5.78. The Morgan fingerprint density at radius 2 is 1.85 bits per heavy atom. The van der Waals surface area contributed by atoms with E-state index in [2.05, 4.69) is 20.3 Å². The molecule has 0 bridgehead atoms. The Bertz CT molecular complexity index is 1180. The first-order valence-electron chi connectivity index (χ1n) is 10.1. The highest BCUT2D eigenvalue weighted by Gasteiger charge is 2.31. The van der Waals surface area contributed by atoms with Crippen LogP contribution in [0.3, 0.4) is 0 Å². The molecule has 0 spiro atoms. The van der Waals surface area contributed by atoms with Crippen molar-refractivity contribution in [1.29, 1.82) is 5.26 Å². The van der Waals surface area contributed by atoms with Crippen molar-refractivity contribution in [3.8, 4) is 22.4 Å². The summed E-state index contributed by atoms with van der Waals surface area (Å²) in [7, 11) is 0. The molecule has 1 amide bonds. The summed E-state index contributed by atoms with van der Waals surface area (Å²) in [5.74, 6) is -0.372. The third-order valence-corrected chi connectivity index (χ3v) is 5.35. The van der Waals surface area contributed by atoms with E-state index in [9.17, 15) is 18.0 Å². The minimum Gasteiger partial charge on any atom is -0.444 e. The van der Waals surface area contributed by atoms with Crippen LogP contribution in [0.2, 0.25) is 0 Å². The number of carbonyl (C=O) groups excluding carboxylic acids is 1. The number of benzene rings is 2. The van der Waals surface area contributed by atoms with Gasteiger partial charge in [0, 0.05) is 5.56 Å². The third kappa shape index (κ3) is 7.45. The highest BCUT2D eigenvalue weighted by atomic mass is 32.1. The average molecular weight is 491 g/mol. The van der Waals surface area contributed by atoms with Crippen LogP contribution in [0.25, 0.3) is 10.6 Å². The topological polar surface area (TPSA) is 97.1 Å². The number of amides is 1. The molecule has 0 aliphatic carbocycles. The number of aromatic nitrogens is 2. The number of alkyl halides is 3. The molecule has 0 aliphatic rings. The van der Waals surface area contributed by atoms with E-state index in [-0.39, 0.29) is 5.75 Å². The Kier molecular flexibility index (Phi) is 7.41. The van der Waals surface area contributed by atoms with Crippen molar-refractivity contribution in [2.45, 2.75) is 45.2 Å². The zero-order valence-corrected chi connectivity index (χ0v) is 19.3. The molecular weight excluding hydrogens is 469 g/mol. The maximum atomic E-state index is 12.6. The van der Waals surface area contributed by atoms with Gasteiger partial charge in [0.05, 0.1) is 17.7 Å². The van der Waals surface area contributed by atoms with Gasteiger partial charge in [-0.25, -0.2) is 4.79 Å². The van der Waals surface area contributed by atoms with Gasteiger partial charge in [-0.2, -0.15) is 5.26 Å². The van der Waals surface area contributed by atoms with Gasteiger partial charge in [0.2, 0.25) is 0 Å². The molecule has 1 atom stereocenters. The summed E-state index contributed by atoms with van der Waals surface area (Å²) in [6.45, 7) is 5.21. The monoisotopic (exact) mass is 490 g/mol. The van der Waals surface area contributed by atoms with E-state index in [0.717, 1.165) is 16.9 Å². The highest BCUT2D eigenvalue weighted by Crippen LogP contribution is 2.32. The van der Waals surface area contributed by atoms with E-state index in [0.29, 0.717) is 27.6 Å². The molecular formula is C23H21F3N4O3S. The van der Waals surface area contributed by atoms with Gasteiger partial charge in [0.15, 0.2) is 0 Å². The molecule has 0 fully saturated rings. The standard InChI is InChI=1S/C23H21F3N4O3S/c1-22(2,3)33-21(31)28-18(11-14-7-9-15(13-27)10-8-14)20-30-29-19(34-20)16-5-4-6-17(12-16)32-23(24,25)26/h4-10,12,18H,11H2,1-3H3,(H,28,31)/t18-/m0/s1. The summed E-state index contributed by atoms with van der Waals surface area (Å²) in [4.78, 5) is 12.4. The summed E-state index contributed by atoms with van der Waals surface area (Å²) in [6, 6.07) is 13.7. The van der Waals surface area contributed by atoms with Crippen molar-refractivity contribution in [1.82, 2.24) is 15.5 Å². The first-order valence-corrected chi connectivity index (χ1v) is 10.9. The Hall–Kier alpha value is -3.65. The second kappa shape index (κ2) is 10.1. The molecule has 178 valence electrons. The zero-order chi connectivity index (χ0) is 24.9. The zero-order valence-electron chi connectivity index (χ0n) is 18.5. The first-order chi connectivity index (χ1) is 15.9. The number of hydrogen-bond acceptors (Lipinski definition) is 7. The number of ether oxygens (including phenoxy) is 2. The fraction of sp³-hybridized carbons (Fsp3) is 0.304. The molecule has 34 heavy (non-hydrogen) atoms. The molecule has 0 saturated carbocycles. The van der Waals surface area contributed by atoms with Crippen LogP contribution in [0.4, 0.5) is 18.0 Å². The van der Waals surface area contributed by atoms with Gasteiger partial charge in [-0.15, -0.1) is 23.4 Å². The summed E-state index contributed by atoms with van der Waals surface area (Å²) in [5, 5.41) is 20.8. The number of nitrogens with zero attached hydrogens (tertiary/aromatic N) is 3. The van der Waals surface area contributed by atoms with Crippen LogP contribution in [0.15, 0.2) is 48.5 Å². The molecule has 7 nitrogen and oxygen atoms in total. The number of nitrogens with one attached hydrogen (secondary N) is 1. The maximum absolute atomic E-state index is 12.6. The number of alkyl carbamates (subject to hydrolysis) is 1. The first kappa shape index (κ1) is 25.0. The maximum Gasteiger partial charge on any atom is 0.573 e. The third-order valence-electron chi connectivity index (χ3n) is 4.27. The van der Waals surface area contributed by atoms with Crippen LogP contribution in [0.5, 0.6) is 5.75 Å². The lowest BCUT2D eigenvalue weighted by Gasteiger charge is -2.22. The molecule has 0 radical (unpaired) electrons. The Balaban J connectivity index is 1.86. The Labute approximate surface area is 198 Å². The van der Waals surface area contributed by atoms with Crippen LogP contribution < -0.4 is 10.1 Å². The van der Waals surface area contributed by atoms with Crippen LogP contribution in [0, 0.1) is 11.3 Å². The highest BCUT2D eigenvalue weighted by molar-refractivity contribution is 7.14. The van der Waals surface area contributed by atoms with Gasteiger partial charge in [-0.1, -0.05) is 35.6 Å². The van der Waals surface area contributed by atoms with Gasteiger partial charge in [0.1, 0.15) is 21.4 Å². The van der Waals surface area contributed by atoms with Crippen molar-refractivity contribution in [2.24, 2.45) is 0 Å². The molecule has 11 heteroatoms. The van der Waals surface area contributed by atoms with E-state index < -0.39 is 24.1 Å². The lowest BCUT2D eigenvalue weighted by atomic mass is 10.0. The van der Waals surface area contributed by atoms with Crippen LogP contribution in [-0.4, -0.2) is 28.3 Å². The Morgan fingerprint density at radius 3 is 2.47 bits per heavy atom. The lowest BCUT2D eigenvalue weighted by Crippen LogP contribution is -2.35. The number of rotatable bonds is 6. The Morgan fingerprint density at radius 1 is 1.15 bits per heavy atom. The largest absolute Gasteiger partial charge is 0.573 e. The van der Waals surface area contributed by atoms with Gasteiger partial charge in [0.25, 0.3) is 0 Å². The number of nitriles is 1. The molecule has 0 aliphatic heterocycles. The van der Waals surface area contributed by atoms with Gasteiger partial charge in [-0.05, 0) is 57.0 Å². The van der Waals surface area contributed by atoms with Crippen molar-refractivity contribution in [3.05, 3.63) is 64.7 Å². The molecule has 2 aromatic carbocycles. The lowest BCUT2D eigenvalue weighted by molar-refractivity contribution is -0.274. The van der Waals surface area contributed by atoms with Gasteiger partial charge < -0.3 is 14.8 Å². The molecule has 3 rings (SSSR count). The molecule has 1 aromatic heterocycles. The summed E-state index contributed by atoms with van der Waals surface area (Å²) >= 11 is 1.13. The van der Waals surface area contributed by atoms with Crippen molar-refractivity contribution >= 4 is 17.4 Å². The van der Waals surface area contributed by atoms with Crippen LogP contribution >= 0.6 is 11.3 Å². The summed E-state index contributed by atoms with van der Waals surface area (Å²) in [6.07, 6.45) is -5.13. The van der Waals surface area contributed by atoms with Crippen molar-refractivity contribution in [2.75, 3.05) is 0 Å². The van der Waals surface area contributed by atoms with Gasteiger partial charge >= 0.3 is 12.5 Å². The van der Waals surface area contributed by atoms with Crippen molar-refractivity contribution < 1.29 is 27.4 Å². The quantitative estimate of drug-likeness (QED) is 0.470. The minimum atomic E-state index is -4.81. The molecule has 0 saturated heterocycles. The second-order valence-electron chi connectivity index (χ2n) is 8.23. The smallest absolute Gasteiger partial charge is 0.444 e. The van der Waals surface area contributed by atoms with Crippen LogP contribution in [0.1, 0.15) is 42.9 Å². The fourth-order valence-electron chi connectivity index (χ4n) is 2.92. The van der Waals surface area contributed by atoms with Crippen LogP contribution in [-0.2, 0) is 11.2 Å². The van der Waals surface area contributed by atoms with Crippen molar-refractivity contribution in [3.63, 3.8) is 0 Å². The fourth-order valence-corrected chi connectivity index (χ4v) is 3.81. The number of hydrogen-bond donors (Lipinski definition) is 1. The average Bonchev–Trinajstić information content (AvgIpc) is 3.22. The van der Waals surface area contributed by atoms with E-state index >= 15 is 0 Å². The SMILES string of the molecule is CC(C)(C)OC(=O)N[C@@H](Cc1ccc(C#N)cc1)c1nnc(-c2cccc(OC(F)(F)F)c2)s1. The van der Waals surface area contributed by atoms with E-state index in [4.69, 9.17) is 10.00 Å². The predicted molar refractivity (Wildman–Crippen MR) is 119 cm³/mol. The normalized spacial score (nSPS) is 12.5. The summed E-state index contributed by atoms with van der Waals surface area (Å²) < 4.78 is 47.0. The van der Waals surface area contributed by atoms with E-state index in [1.165, 1.54) is 18.2 Å². The molecule has 0 unspecified atom stereocenters. The summed E-state index contributed by atoms with van der Waals surface area (Å²) in [5.41, 5.74) is 1.01. The molecule has 3 aromatic rings.